The van der Waals surface area contributed by atoms with Crippen LogP contribution < -0.4 is 10.2 Å². The van der Waals surface area contributed by atoms with Crippen molar-refractivity contribution in [1.29, 1.82) is 0 Å². The summed E-state index contributed by atoms with van der Waals surface area (Å²) < 4.78 is 5.43. The van der Waals surface area contributed by atoms with Gasteiger partial charge in [0.2, 0.25) is 0 Å². The lowest BCUT2D eigenvalue weighted by Crippen LogP contribution is -2.46. The largest absolute Gasteiger partial charge is 0.378 e. The first-order valence-corrected chi connectivity index (χ1v) is 9.71. The van der Waals surface area contributed by atoms with Crippen LogP contribution in [0.1, 0.15) is 32.3 Å². The van der Waals surface area contributed by atoms with Crippen molar-refractivity contribution in [2.75, 3.05) is 50.8 Å². The lowest BCUT2D eigenvalue weighted by Gasteiger charge is -2.33. The van der Waals surface area contributed by atoms with Gasteiger partial charge in [0.25, 0.3) is 0 Å². The van der Waals surface area contributed by atoms with Gasteiger partial charge < -0.3 is 19.9 Å². The zero-order valence-electron chi connectivity index (χ0n) is 15.7. The van der Waals surface area contributed by atoms with Crippen LogP contribution in [0.4, 0.5) is 5.69 Å². The van der Waals surface area contributed by atoms with Crippen LogP contribution in [0, 0.1) is 5.92 Å². The van der Waals surface area contributed by atoms with E-state index in [4.69, 9.17) is 9.73 Å². The van der Waals surface area contributed by atoms with Gasteiger partial charge in [-0.1, -0.05) is 19.1 Å². The number of ether oxygens (including phenoxy) is 1. The minimum absolute atomic E-state index is 0.733. The van der Waals surface area contributed by atoms with Crippen molar-refractivity contribution in [3.05, 3.63) is 29.8 Å². The highest BCUT2D eigenvalue weighted by Gasteiger charge is 2.19. The first-order chi connectivity index (χ1) is 12.3. The summed E-state index contributed by atoms with van der Waals surface area (Å²) in [5, 5.41) is 3.46. The quantitative estimate of drug-likeness (QED) is 0.673. The Hall–Kier alpha value is -1.75. The number of nitrogens with zero attached hydrogens (tertiary/aromatic N) is 3. The van der Waals surface area contributed by atoms with Gasteiger partial charge in [0.1, 0.15) is 0 Å². The number of hydrogen-bond donors (Lipinski definition) is 1. The van der Waals surface area contributed by atoms with Gasteiger partial charge in [-0.25, -0.2) is 4.99 Å². The van der Waals surface area contributed by atoms with Crippen LogP contribution in [0.15, 0.2) is 29.3 Å². The number of rotatable bonds is 4. The fraction of sp³-hybridized carbons (Fsp3) is 0.650. The number of nitrogens with one attached hydrogen (secondary N) is 1. The molecule has 3 rings (SSSR count). The minimum Gasteiger partial charge on any atom is -0.378 e. The Morgan fingerprint density at radius 2 is 1.96 bits per heavy atom. The third kappa shape index (κ3) is 5.11. The smallest absolute Gasteiger partial charge is 0.194 e. The predicted octanol–water partition coefficient (Wildman–Crippen LogP) is 2.72. The van der Waals surface area contributed by atoms with Crippen molar-refractivity contribution in [2.24, 2.45) is 10.9 Å². The summed E-state index contributed by atoms with van der Waals surface area (Å²) >= 11 is 0. The van der Waals surface area contributed by atoms with Gasteiger partial charge in [-0.15, -0.1) is 0 Å². The summed E-state index contributed by atoms with van der Waals surface area (Å²) in [5.41, 5.74) is 2.55. The molecule has 2 fully saturated rings. The first kappa shape index (κ1) is 18.1. The molecule has 0 bridgehead atoms. The number of piperidine rings is 1. The molecule has 0 spiro atoms. The van der Waals surface area contributed by atoms with Gasteiger partial charge in [-0.2, -0.15) is 0 Å². The predicted molar refractivity (Wildman–Crippen MR) is 104 cm³/mol. The van der Waals surface area contributed by atoms with Crippen LogP contribution in [-0.2, 0) is 11.3 Å². The Kier molecular flexibility index (Phi) is 6.56. The normalized spacial score (nSPS) is 22.2. The number of hydrogen-bond acceptors (Lipinski definition) is 3. The molecular weight excluding hydrogens is 312 g/mol. The Bertz CT molecular complexity index is 551. The van der Waals surface area contributed by atoms with Crippen LogP contribution in [-0.4, -0.2) is 56.8 Å². The van der Waals surface area contributed by atoms with Crippen molar-refractivity contribution in [2.45, 2.75) is 33.2 Å². The van der Waals surface area contributed by atoms with Gasteiger partial charge >= 0.3 is 0 Å². The summed E-state index contributed by atoms with van der Waals surface area (Å²) in [6.45, 7) is 12.0. The number of morpholine rings is 1. The van der Waals surface area contributed by atoms with E-state index in [9.17, 15) is 0 Å². The lowest BCUT2D eigenvalue weighted by molar-refractivity contribution is 0.122. The molecule has 25 heavy (non-hydrogen) atoms. The zero-order valence-corrected chi connectivity index (χ0v) is 15.7. The van der Waals surface area contributed by atoms with Crippen molar-refractivity contribution < 1.29 is 4.74 Å². The summed E-state index contributed by atoms with van der Waals surface area (Å²) in [7, 11) is 0. The molecule has 2 aliphatic rings. The Labute approximate surface area is 152 Å². The molecule has 0 amide bonds. The first-order valence-electron chi connectivity index (χ1n) is 9.71. The van der Waals surface area contributed by atoms with E-state index in [0.29, 0.717) is 0 Å². The van der Waals surface area contributed by atoms with Crippen LogP contribution in [0.3, 0.4) is 0 Å². The second kappa shape index (κ2) is 9.09. The van der Waals surface area contributed by atoms with Crippen LogP contribution in [0.2, 0.25) is 0 Å². The lowest BCUT2D eigenvalue weighted by atomic mass is 10.0. The zero-order chi connectivity index (χ0) is 17.5. The average molecular weight is 345 g/mol. The van der Waals surface area contributed by atoms with Crippen molar-refractivity contribution in [3.63, 3.8) is 0 Å². The van der Waals surface area contributed by atoms with E-state index in [1.807, 2.05) is 0 Å². The molecule has 0 radical (unpaired) electrons. The Morgan fingerprint density at radius 1 is 1.20 bits per heavy atom. The molecule has 5 heteroatoms. The fourth-order valence-corrected chi connectivity index (χ4v) is 3.61. The molecule has 1 N–H and O–H groups in total. The van der Waals surface area contributed by atoms with Gasteiger partial charge in [0.05, 0.1) is 19.8 Å². The second-order valence-electron chi connectivity index (χ2n) is 7.13. The maximum Gasteiger partial charge on any atom is 0.194 e. The molecule has 138 valence electrons. The highest BCUT2D eigenvalue weighted by atomic mass is 16.5. The maximum absolute atomic E-state index is 5.43. The van der Waals surface area contributed by atoms with E-state index < -0.39 is 0 Å². The van der Waals surface area contributed by atoms with Crippen LogP contribution in [0.5, 0.6) is 0 Å². The maximum atomic E-state index is 5.43. The van der Waals surface area contributed by atoms with E-state index in [2.05, 4.69) is 53.2 Å². The van der Waals surface area contributed by atoms with Gasteiger partial charge in [0, 0.05) is 38.4 Å². The number of benzene rings is 1. The van der Waals surface area contributed by atoms with Gasteiger partial charge in [-0.05, 0) is 43.4 Å². The molecular formula is C20H32N4O. The molecule has 0 aromatic heterocycles. The molecule has 1 aromatic rings. The topological polar surface area (TPSA) is 40.1 Å². The van der Waals surface area contributed by atoms with E-state index in [1.54, 1.807) is 0 Å². The second-order valence-corrected chi connectivity index (χ2v) is 7.13. The number of guanidine groups is 1. The summed E-state index contributed by atoms with van der Waals surface area (Å²) in [5.74, 6) is 1.82. The number of likely N-dealkylation sites (tertiary alicyclic amines) is 1. The molecule has 0 aliphatic carbocycles. The molecule has 2 saturated heterocycles. The van der Waals surface area contributed by atoms with Gasteiger partial charge in [0.15, 0.2) is 5.96 Å². The molecule has 5 nitrogen and oxygen atoms in total. The molecule has 2 aliphatic heterocycles. The molecule has 1 aromatic carbocycles. The summed E-state index contributed by atoms with van der Waals surface area (Å²) in [4.78, 5) is 9.68. The molecule has 1 atom stereocenters. The highest BCUT2D eigenvalue weighted by Crippen LogP contribution is 2.18. The standard InChI is InChI=1S/C20H32N4O/c1-3-21-20(24-10-4-5-17(2)16-24)22-15-18-6-8-19(9-7-18)23-11-13-25-14-12-23/h6-9,17H,3-5,10-16H2,1-2H3,(H,21,22). The van der Waals surface area contributed by atoms with Crippen molar-refractivity contribution >= 4 is 11.6 Å². The summed E-state index contributed by atoms with van der Waals surface area (Å²) in [6.07, 6.45) is 2.60. The minimum atomic E-state index is 0.733. The molecule has 2 heterocycles. The van der Waals surface area contributed by atoms with Crippen molar-refractivity contribution in [1.82, 2.24) is 10.2 Å². The van der Waals surface area contributed by atoms with Crippen LogP contribution in [0.25, 0.3) is 0 Å². The fourth-order valence-electron chi connectivity index (χ4n) is 3.61. The van der Waals surface area contributed by atoms with E-state index in [-0.39, 0.29) is 0 Å². The SMILES string of the molecule is CCNC(=NCc1ccc(N2CCOCC2)cc1)N1CCCC(C)C1. The average Bonchev–Trinajstić information content (AvgIpc) is 2.66. The molecule has 0 saturated carbocycles. The highest BCUT2D eigenvalue weighted by molar-refractivity contribution is 5.80. The molecule has 1 unspecified atom stereocenters. The van der Waals surface area contributed by atoms with Crippen LogP contribution >= 0.6 is 0 Å². The van der Waals surface area contributed by atoms with Crippen molar-refractivity contribution in [3.8, 4) is 0 Å². The third-order valence-electron chi connectivity index (χ3n) is 5.02. The van der Waals surface area contributed by atoms with E-state index in [1.165, 1.54) is 24.1 Å². The Balaban J connectivity index is 1.61. The summed E-state index contributed by atoms with van der Waals surface area (Å²) in [6, 6.07) is 8.84. The number of aliphatic imine (C=N–C) groups is 1. The Morgan fingerprint density at radius 3 is 2.64 bits per heavy atom. The monoisotopic (exact) mass is 344 g/mol. The van der Waals surface area contributed by atoms with E-state index >= 15 is 0 Å². The number of anilines is 1. The van der Waals surface area contributed by atoms with Gasteiger partial charge in [-0.3, -0.25) is 0 Å². The third-order valence-corrected chi connectivity index (χ3v) is 5.02. The van der Waals surface area contributed by atoms with E-state index in [0.717, 1.165) is 64.4 Å².